The van der Waals surface area contributed by atoms with Crippen molar-refractivity contribution in [1.82, 2.24) is 9.78 Å². The molecule has 0 saturated heterocycles. The second-order valence-electron chi connectivity index (χ2n) is 4.83. The van der Waals surface area contributed by atoms with Crippen molar-refractivity contribution < 1.29 is 4.21 Å². The first-order chi connectivity index (χ1) is 9.55. The lowest BCUT2D eigenvalue weighted by molar-refractivity contribution is 0.623. The number of nitrogens with two attached hydrogens (primary N) is 1. The Kier molecular flexibility index (Phi) is 4.60. The monoisotopic (exact) mass is 291 g/mol. The Hall–Kier alpha value is -1.62. The first-order valence-corrected chi connectivity index (χ1v) is 8.17. The molecule has 5 heteroatoms. The maximum absolute atomic E-state index is 12.5. The zero-order valence-electron chi connectivity index (χ0n) is 12.2. The van der Waals surface area contributed by atoms with Gasteiger partial charge in [-0.15, -0.1) is 0 Å². The zero-order chi connectivity index (χ0) is 14.7. The lowest BCUT2D eigenvalue weighted by Gasteiger charge is -2.08. The normalized spacial score (nSPS) is 12.6. The van der Waals surface area contributed by atoms with Crippen LogP contribution in [0.1, 0.15) is 30.8 Å². The third-order valence-corrected chi connectivity index (χ3v) is 4.69. The fourth-order valence-electron chi connectivity index (χ4n) is 2.17. The Bertz CT molecular complexity index is 634. The summed E-state index contributed by atoms with van der Waals surface area (Å²) in [6.45, 7) is 6.87. The molecule has 0 spiro atoms. The highest BCUT2D eigenvalue weighted by molar-refractivity contribution is 7.84. The number of nitrogen functional groups attached to an aromatic ring is 1. The van der Waals surface area contributed by atoms with Crippen molar-refractivity contribution in [2.45, 2.75) is 44.4 Å². The van der Waals surface area contributed by atoms with Crippen molar-refractivity contribution in [3.8, 4) is 0 Å². The molecule has 0 aliphatic rings. The molecule has 4 nitrogen and oxygen atoms in total. The van der Waals surface area contributed by atoms with Crippen molar-refractivity contribution >= 4 is 16.5 Å². The van der Waals surface area contributed by atoms with Crippen LogP contribution in [0, 0.1) is 6.92 Å². The number of benzene rings is 1. The second kappa shape index (κ2) is 6.22. The quantitative estimate of drug-likeness (QED) is 0.862. The van der Waals surface area contributed by atoms with Crippen molar-refractivity contribution in [1.29, 1.82) is 0 Å². The van der Waals surface area contributed by atoms with E-state index < -0.39 is 10.8 Å². The molecule has 1 heterocycles. The number of aryl methyl sites for hydroxylation is 3. The van der Waals surface area contributed by atoms with Gasteiger partial charge in [-0.1, -0.05) is 13.0 Å². The molecule has 2 N–H and O–H groups in total. The summed E-state index contributed by atoms with van der Waals surface area (Å²) >= 11 is 0. The molecule has 0 saturated carbocycles. The van der Waals surface area contributed by atoms with Gasteiger partial charge in [0.25, 0.3) is 0 Å². The van der Waals surface area contributed by atoms with Crippen LogP contribution >= 0.6 is 0 Å². The molecule has 2 rings (SSSR count). The minimum atomic E-state index is -1.14. The van der Waals surface area contributed by atoms with Crippen LogP contribution < -0.4 is 5.73 Å². The molecule has 0 fully saturated rings. The van der Waals surface area contributed by atoms with E-state index in [0.29, 0.717) is 16.3 Å². The number of rotatable bonds is 5. The van der Waals surface area contributed by atoms with E-state index in [9.17, 15) is 4.21 Å². The summed E-state index contributed by atoms with van der Waals surface area (Å²) in [7, 11) is -1.14. The van der Waals surface area contributed by atoms with Gasteiger partial charge in [0, 0.05) is 12.2 Å². The third kappa shape index (κ3) is 3.10. The molecule has 2 aromatic rings. The van der Waals surface area contributed by atoms with Gasteiger partial charge in [0.1, 0.15) is 0 Å². The van der Waals surface area contributed by atoms with E-state index in [0.717, 1.165) is 29.9 Å². The van der Waals surface area contributed by atoms with E-state index >= 15 is 0 Å². The fraction of sp³-hybridized carbons (Fsp3) is 0.400. The molecule has 1 atom stereocenters. The molecule has 0 aliphatic carbocycles. The SMILES string of the molecule is CCc1cc(CS(=O)c2ccc(C)cc2N)n(CC)n1. The molecular weight excluding hydrogens is 270 g/mol. The maximum atomic E-state index is 12.5. The van der Waals surface area contributed by atoms with Gasteiger partial charge in [-0.25, -0.2) is 0 Å². The van der Waals surface area contributed by atoms with Gasteiger partial charge in [0.05, 0.1) is 32.8 Å². The zero-order valence-corrected chi connectivity index (χ0v) is 13.0. The first-order valence-electron chi connectivity index (χ1n) is 6.85. The van der Waals surface area contributed by atoms with Crippen LogP contribution in [0.4, 0.5) is 5.69 Å². The predicted octanol–water partition coefficient (Wildman–Crippen LogP) is 2.66. The molecular formula is C15H21N3OS. The number of aromatic nitrogens is 2. The van der Waals surface area contributed by atoms with E-state index in [1.807, 2.05) is 42.8 Å². The molecule has 1 aromatic heterocycles. The van der Waals surface area contributed by atoms with Gasteiger partial charge in [-0.05, 0) is 44.0 Å². The Balaban J connectivity index is 2.25. The largest absolute Gasteiger partial charge is 0.398 e. The molecule has 1 unspecified atom stereocenters. The Morgan fingerprint density at radius 3 is 2.65 bits per heavy atom. The second-order valence-corrected chi connectivity index (χ2v) is 6.25. The van der Waals surface area contributed by atoms with Crippen molar-refractivity contribution in [2.24, 2.45) is 0 Å². The lowest BCUT2D eigenvalue weighted by atomic mass is 10.2. The van der Waals surface area contributed by atoms with Gasteiger partial charge in [-0.2, -0.15) is 5.10 Å². The van der Waals surface area contributed by atoms with Crippen LogP contribution in [-0.4, -0.2) is 14.0 Å². The minimum absolute atomic E-state index is 0.452. The number of anilines is 1. The van der Waals surface area contributed by atoms with Gasteiger partial charge in [0.2, 0.25) is 0 Å². The summed E-state index contributed by atoms with van der Waals surface area (Å²) in [5.74, 6) is 0.452. The number of hydrogen-bond acceptors (Lipinski definition) is 3. The first kappa shape index (κ1) is 14.8. The average Bonchev–Trinajstić information content (AvgIpc) is 2.80. The van der Waals surface area contributed by atoms with Gasteiger partial charge >= 0.3 is 0 Å². The summed E-state index contributed by atoms with van der Waals surface area (Å²) in [6, 6.07) is 7.69. The van der Waals surface area contributed by atoms with Gasteiger partial charge in [-0.3, -0.25) is 8.89 Å². The molecule has 108 valence electrons. The van der Waals surface area contributed by atoms with Gasteiger partial charge < -0.3 is 5.73 Å². The van der Waals surface area contributed by atoms with E-state index in [1.165, 1.54) is 0 Å². The van der Waals surface area contributed by atoms with Crippen LogP contribution in [0.5, 0.6) is 0 Å². The molecule has 0 bridgehead atoms. The van der Waals surface area contributed by atoms with Crippen LogP contribution in [-0.2, 0) is 29.5 Å². The molecule has 0 radical (unpaired) electrons. The summed E-state index contributed by atoms with van der Waals surface area (Å²) in [4.78, 5) is 0.706. The Labute approximate surface area is 122 Å². The Morgan fingerprint density at radius 1 is 1.30 bits per heavy atom. The average molecular weight is 291 g/mol. The highest BCUT2D eigenvalue weighted by Crippen LogP contribution is 2.21. The molecule has 1 aromatic carbocycles. The highest BCUT2D eigenvalue weighted by Gasteiger charge is 2.13. The predicted molar refractivity (Wildman–Crippen MR) is 83.0 cm³/mol. The molecule has 0 aliphatic heterocycles. The lowest BCUT2D eigenvalue weighted by Crippen LogP contribution is -2.07. The third-order valence-electron chi connectivity index (χ3n) is 3.27. The minimum Gasteiger partial charge on any atom is -0.398 e. The number of nitrogens with zero attached hydrogens (tertiary/aromatic N) is 2. The number of hydrogen-bond donors (Lipinski definition) is 1. The molecule has 0 amide bonds. The van der Waals surface area contributed by atoms with Crippen LogP contribution in [0.15, 0.2) is 29.2 Å². The van der Waals surface area contributed by atoms with E-state index in [1.54, 1.807) is 0 Å². The molecule has 20 heavy (non-hydrogen) atoms. The van der Waals surface area contributed by atoms with Crippen LogP contribution in [0.2, 0.25) is 0 Å². The summed E-state index contributed by atoms with van der Waals surface area (Å²) in [5, 5.41) is 4.48. The highest BCUT2D eigenvalue weighted by atomic mass is 32.2. The standard InChI is InChI=1S/C15H21N3OS/c1-4-12-9-13(18(5-2)17-12)10-20(19)15-7-6-11(3)8-14(15)16/h6-9H,4-5,10,16H2,1-3H3. The smallest absolute Gasteiger partial charge is 0.0703 e. The maximum Gasteiger partial charge on any atom is 0.0703 e. The van der Waals surface area contributed by atoms with E-state index in [-0.39, 0.29) is 0 Å². The summed E-state index contributed by atoms with van der Waals surface area (Å²) in [6.07, 6.45) is 0.888. The van der Waals surface area contributed by atoms with Crippen LogP contribution in [0.25, 0.3) is 0 Å². The topological polar surface area (TPSA) is 60.9 Å². The van der Waals surface area contributed by atoms with Crippen LogP contribution in [0.3, 0.4) is 0 Å². The van der Waals surface area contributed by atoms with E-state index in [2.05, 4.69) is 12.0 Å². The Morgan fingerprint density at radius 2 is 2.05 bits per heavy atom. The summed E-state index contributed by atoms with van der Waals surface area (Å²) in [5.41, 5.74) is 9.68. The van der Waals surface area contributed by atoms with Gasteiger partial charge in [0.15, 0.2) is 0 Å². The van der Waals surface area contributed by atoms with Crippen molar-refractivity contribution in [3.05, 3.63) is 41.2 Å². The summed E-state index contributed by atoms with van der Waals surface area (Å²) < 4.78 is 14.4. The fourth-order valence-corrected chi connectivity index (χ4v) is 3.36. The van der Waals surface area contributed by atoms with Crippen molar-refractivity contribution in [2.75, 3.05) is 5.73 Å². The van der Waals surface area contributed by atoms with E-state index in [4.69, 9.17) is 5.73 Å². The van der Waals surface area contributed by atoms with Crippen molar-refractivity contribution in [3.63, 3.8) is 0 Å².